The molecular weight excluding hydrogens is 242 g/mol. The molecule has 1 saturated heterocycles. The minimum Gasteiger partial charge on any atom is -0.497 e. The van der Waals surface area contributed by atoms with Crippen LogP contribution in [0.4, 0.5) is 0 Å². The minimum absolute atomic E-state index is 0.0619. The lowest BCUT2D eigenvalue weighted by Crippen LogP contribution is -2.26. The molecule has 2 atom stereocenters. The zero-order valence-corrected chi connectivity index (χ0v) is 11.7. The topological polar surface area (TPSA) is 53.7 Å². The average molecular weight is 265 g/mol. The fourth-order valence-electron chi connectivity index (χ4n) is 2.26. The van der Waals surface area contributed by atoms with Gasteiger partial charge in [-0.2, -0.15) is 0 Å². The summed E-state index contributed by atoms with van der Waals surface area (Å²) >= 11 is 0. The molecule has 4 nitrogen and oxygen atoms in total. The van der Waals surface area contributed by atoms with E-state index < -0.39 is 0 Å². The molecule has 0 radical (unpaired) electrons. The number of nitrogens with two attached hydrogens (primary N) is 1. The van der Waals surface area contributed by atoms with E-state index in [1.807, 2.05) is 25.1 Å². The van der Waals surface area contributed by atoms with E-state index in [1.165, 1.54) is 6.42 Å². The highest BCUT2D eigenvalue weighted by Crippen LogP contribution is 2.29. The summed E-state index contributed by atoms with van der Waals surface area (Å²) in [6.45, 7) is 3.37. The normalized spacial score (nSPS) is 20.9. The summed E-state index contributed by atoms with van der Waals surface area (Å²) in [7, 11) is 1.65. The Morgan fingerprint density at radius 1 is 1.42 bits per heavy atom. The summed E-state index contributed by atoms with van der Waals surface area (Å²) in [5.74, 6) is 1.58. The van der Waals surface area contributed by atoms with E-state index in [2.05, 4.69) is 0 Å². The third kappa shape index (κ3) is 3.85. The van der Waals surface area contributed by atoms with Crippen LogP contribution in [0, 0.1) is 0 Å². The maximum Gasteiger partial charge on any atom is 0.127 e. The molecule has 2 N–H and O–H groups in total. The Bertz CT molecular complexity index is 400. The molecule has 1 aromatic carbocycles. The quantitative estimate of drug-likeness (QED) is 0.889. The van der Waals surface area contributed by atoms with Gasteiger partial charge in [-0.25, -0.2) is 0 Å². The van der Waals surface area contributed by atoms with Crippen molar-refractivity contribution >= 4 is 0 Å². The van der Waals surface area contributed by atoms with Crippen LogP contribution in [0.15, 0.2) is 18.2 Å². The van der Waals surface area contributed by atoms with Crippen LogP contribution >= 0.6 is 0 Å². The van der Waals surface area contributed by atoms with Gasteiger partial charge in [0, 0.05) is 24.3 Å². The highest BCUT2D eigenvalue weighted by atomic mass is 16.5. The van der Waals surface area contributed by atoms with Crippen LogP contribution in [0.5, 0.6) is 11.5 Å². The van der Waals surface area contributed by atoms with E-state index in [-0.39, 0.29) is 12.1 Å². The maximum atomic E-state index is 5.96. The maximum absolute atomic E-state index is 5.96. The predicted octanol–water partition coefficient (Wildman–Crippen LogP) is 2.66. The van der Waals surface area contributed by atoms with Crippen molar-refractivity contribution in [3.8, 4) is 11.5 Å². The van der Waals surface area contributed by atoms with E-state index in [0.29, 0.717) is 6.61 Å². The third-order valence-corrected chi connectivity index (χ3v) is 3.41. The second kappa shape index (κ2) is 6.78. The van der Waals surface area contributed by atoms with Crippen molar-refractivity contribution in [2.45, 2.75) is 38.3 Å². The zero-order chi connectivity index (χ0) is 13.7. The van der Waals surface area contributed by atoms with E-state index in [1.54, 1.807) is 7.11 Å². The summed E-state index contributed by atoms with van der Waals surface area (Å²) < 4.78 is 16.8. The lowest BCUT2D eigenvalue weighted by atomic mass is 10.1. The first-order chi connectivity index (χ1) is 9.20. The van der Waals surface area contributed by atoms with Gasteiger partial charge in [0.15, 0.2) is 0 Å². The van der Waals surface area contributed by atoms with E-state index in [0.717, 1.165) is 36.5 Å². The molecule has 1 aromatic rings. The largest absolute Gasteiger partial charge is 0.497 e. The molecule has 1 fully saturated rings. The van der Waals surface area contributed by atoms with Gasteiger partial charge in [0.25, 0.3) is 0 Å². The van der Waals surface area contributed by atoms with Gasteiger partial charge >= 0.3 is 0 Å². The highest BCUT2D eigenvalue weighted by Gasteiger charge is 2.16. The predicted molar refractivity (Wildman–Crippen MR) is 74.7 cm³/mol. The van der Waals surface area contributed by atoms with Crippen molar-refractivity contribution in [3.05, 3.63) is 23.8 Å². The highest BCUT2D eigenvalue weighted by molar-refractivity contribution is 5.42. The van der Waals surface area contributed by atoms with Crippen molar-refractivity contribution in [2.24, 2.45) is 5.73 Å². The Balaban J connectivity index is 2.03. The van der Waals surface area contributed by atoms with Gasteiger partial charge in [-0.1, -0.05) is 6.07 Å². The van der Waals surface area contributed by atoms with Gasteiger partial charge in [-0.05, 0) is 32.3 Å². The molecule has 0 bridgehead atoms. The van der Waals surface area contributed by atoms with E-state index in [4.69, 9.17) is 19.9 Å². The van der Waals surface area contributed by atoms with Crippen molar-refractivity contribution < 1.29 is 14.2 Å². The van der Waals surface area contributed by atoms with Gasteiger partial charge in [0.2, 0.25) is 0 Å². The van der Waals surface area contributed by atoms with Gasteiger partial charge in [0.1, 0.15) is 18.1 Å². The molecule has 106 valence electrons. The standard InChI is InChI=1S/C15H23NO3/c1-11(16)14-7-6-12(17-2)9-15(14)19-10-13-5-3-4-8-18-13/h6-7,9,11,13H,3-5,8,10,16H2,1-2H3/t11-,13?/m0/s1. The molecule has 0 saturated carbocycles. The van der Waals surface area contributed by atoms with Crippen LogP contribution in [-0.2, 0) is 4.74 Å². The first-order valence-corrected chi connectivity index (χ1v) is 6.88. The molecule has 0 amide bonds. The van der Waals surface area contributed by atoms with Gasteiger partial charge in [-0.15, -0.1) is 0 Å². The van der Waals surface area contributed by atoms with Crippen molar-refractivity contribution in [2.75, 3.05) is 20.3 Å². The van der Waals surface area contributed by atoms with E-state index in [9.17, 15) is 0 Å². The Kier molecular flexibility index (Phi) is 5.05. The fraction of sp³-hybridized carbons (Fsp3) is 0.600. The summed E-state index contributed by atoms with van der Waals surface area (Å²) in [6, 6.07) is 5.69. The fourth-order valence-corrected chi connectivity index (χ4v) is 2.26. The molecule has 1 aliphatic heterocycles. The first-order valence-electron chi connectivity index (χ1n) is 6.88. The van der Waals surface area contributed by atoms with Crippen LogP contribution in [-0.4, -0.2) is 26.4 Å². The van der Waals surface area contributed by atoms with E-state index >= 15 is 0 Å². The third-order valence-electron chi connectivity index (χ3n) is 3.41. The summed E-state index contributed by atoms with van der Waals surface area (Å²) in [6.07, 6.45) is 3.63. The smallest absolute Gasteiger partial charge is 0.127 e. The number of benzene rings is 1. The second-order valence-electron chi connectivity index (χ2n) is 4.99. The molecule has 2 rings (SSSR count). The van der Waals surface area contributed by atoms with Crippen LogP contribution < -0.4 is 15.2 Å². The monoisotopic (exact) mass is 265 g/mol. The molecule has 1 heterocycles. The molecular formula is C15H23NO3. The Morgan fingerprint density at radius 3 is 2.89 bits per heavy atom. The van der Waals surface area contributed by atoms with Crippen molar-refractivity contribution in [3.63, 3.8) is 0 Å². The van der Waals surface area contributed by atoms with Crippen LogP contribution in [0.3, 0.4) is 0 Å². The van der Waals surface area contributed by atoms with Gasteiger partial charge in [-0.3, -0.25) is 0 Å². The van der Waals surface area contributed by atoms with Crippen LogP contribution in [0.25, 0.3) is 0 Å². The number of ether oxygens (including phenoxy) is 3. The minimum atomic E-state index is -0.0619. The number of hydrogen-bond donors (Lipinski definition) is 1. The SMILES string of the molecule is COc1ccc([C@H](C)N)c(OCC2CCCCO2)c1. The molecule has 0 aliphatic carbocycles. The Morgan fingerprint density at radius 2 is 2.26 bits per heavy atom. The van der Waals surface area contributed by atoms with Crippen molar-refractivity contribution in [1.82, 2.24) is 0 Å². The molecule has 1 unspecified atom stereocenters. The van der Waals surface area contributed by atoms with Crippen LogP contribution in [0.2, 0.25) is 0 Å². The number of rotatable bonds is 5. The number of methoxy groups -OCH3 is 1. The summed E-state index contributed by atoms with van der Waals surface area (Å²) in [4.78, 5) is 0. The summed E-state index contributed by atoms with van der Waals surface area (Å²) in [5.41, 5.74) is 6.96. The number of hydrogen-bond acceptors (Lipinski definition) is 4. The molecule has 4 heteroatoms. The lowest BCUT2D eigenvalue weighted by Gasteiger charge is -2.24. The Labute approximate surface area is 114 Å². The molecule has 0 aromatic heterocycles. The zero-order valence-electron chi connectivity index (χ0n) is 11.7. The summed E-state index contributed by atoms with van der Waals surface area (Å²) in [5, 5.41) is 0. The van der Waals surface area contributed by atoms with Gasteiger partial charge in [0.05, 0.1) is 13.2 Å². The van der Waals surface area contributed by atoms with Gasteiger partial charge < -0.3 is 19.9 Å². The average Bonchev–Trinajstić information content (AvgIpc) is 2.45. The molecule has 1 aliphatic rings. The molecule has 0 spiro atoms. The lowest BCUT2D eigenvalue weighted by molar-refractivity contribution is -0.0113. The molecule has 19 heavy (non-hydrogen) atoms. The second-order valence-corrected chi connectivity index (χ2v) is 4.99. The van der Waals surface area contributed by atoms with Crippen molar-refractivity contribution in [1.29, 1.82) is 0 Å². The Hall–Kier alpha value is -1.26. The first kappa shape index (κ1) is 14.2. The van der Waals surface area contributed by atoms with Crippen LogP contribution in [0.1, 0.15) is 37.8 Å².